The summed E-state index contributed by atoms with van der Waals surface area (Å²) < 4.78 is 1.58. The average molecular weight is 470 g/mol. The first kappa shape index (κ1) is 22.2. The maximum atomic E-state index is 13.0. The second-order valence-electron chi connectivity index (χ2n) is 8.75. The molecule has 34 heavy (non-hydrogen) atoms. The zero-order chi connectivity index (χ0) is 23.7. The molecule has 0 atom stereocenters. The number of aromatic nitrogens is 1. The molecule has 0 fully saturated rings. The van der Waals surface area contributed by atoms with Gasteiger partial charge in [-0.15, -0.1) is 11.3 Å². The summed E-state index contributed by atoms with van der Waals surface area (Å²) in [5.74, 6) is -0.0634. The van der Waals surface area contributed by atoms with Crippen LogP contribution in [0.25, 0.3) is 11.1 Å². The number of carbonyl (C=O) groups excluding carboxylic acids is 1. The van der Waals surface area contributed by atoms with Gasteiger partial charge in [-0.25, -0.2) is 0 Å². The Morgan fingerprint density at radius 1 is 0.971 bits per heavy atom. The van der Waals surface area contributed by atoms with Crippen molar-refractivity contribution in [3.05, 3.63) is 98.1 Å². The maximum absolute atomic E-state index is 13.0. The minimum Gasteiger partial charge on any atom is -0.351 e. The van der Waals surface area contributed by atoms with Crippen molar-refractivity contribution in [2.45, 2.75) is 32.6 Å². The van der Waals surface area contributed by atoms with E-state index in [4.69, 9.17) is 0 Å². The lowest BCUT2D eigenvalue weighted by Crippen LogP contribution is -2.19. The number of fused-ring (bicyclic) bond motifs is 1. The number of hydrogen-bond donors (Lipinski definition) is 2. The number of thiophene rings is 1. The second-order valence-corrected chi connectivity index (χ2v) is 9.88. The Balaban J connectivity index is 1.45. The molecule has 1 aliphatic rings. The Kier molecular flexibility index (Phi) is 6.07. The molecule has 6 heteroatoms. The molecule has 0 saturated heterocycles. The van der Waals surface area contributed by atoms with Crippen molar-refractivity contribution in [3.63, 3.8) is 0 Å². The third-order valence-electron chi connectivity index (χ3n) is 6.35. The Morgan fingerprint density at radius 3 is 2.56 bits per heavy atom. The fourth-order valence-electron chi connectivity index (χ4n) is 4.50. The number of anilines is 3. The lowest BCUT2D eigenvalue weighted by molar-refractivity contribution is 0.103. The van der Waals surface area contributed by atoms with E-state index in [0.29, 0.717) is 5.69 Å². The molecule has 2 aromatic heterocycles. The van der Waals surface area contributed by atoms with E-state index in [1.807, 2.05) is 67.7 Å². The van der Waals surface area contributed by atoms with E-state index < -0.39 is 0 Å². The predicted molar refractivity (Wildman–Crippen MR) is 140 cm³/mol. The average Bonchev–Trinajstić information content (AvgIpc) is 3.28. The predicted octanol–water partition coefficient (Wildman–Crippen LogP) is 6.30. The van der Waals surface area contributed by atoms with Crippen molar-refractivity contribution in [2.75, 3.05) is 10.6 Å². The van der Waals surface area contributed by atoms with Crippen molar-refractivity contribution >= 4 is 34.3 Å². The zero-order valence-corrected chi connectivity index (χ0v) is 20.2. The van der Waals surface area contributed by atoms with Gasteiger partial charge < -0.3 is 15.2 Å². The van der Waals surface area contributed by atoms with Crippen molar-refractivity contribution in [2.24, 2.45) is 7.05 Å². The molecular formula is C28H27N3O2S. The molecule has 5 nitrogen and oxygen atoms in total. The Labute approximate surface area is 203 Å². The molecule has 0 radical (unpaired) electrons. The van der Waals surface area contributed by atoms with E-state index in [1.165, 1.54) is 23.3 Å². The highest BCUT2D eigenvalue weighted by atomic mass is 32.1. The Morgan fingerprint density at radius 2 is 1.76 bits per heavy atom. The minimum atomic E-state index is -0.101. The van der Waals surface area contributed by atoms with Crippen LogP contribution in [0.1, 0.15) is 38.5 Å². The number of aryl methyl sites for hydroxylation is 3. The van der Waals surface area contributed by atoms with E-state index in [9.17, 15) is 9.59 Å². The van der Waals surface area contributed by atoms with E-state index >= 15 is 0 Å². The van der Waals surface area contributed by atoms with Gasteiger partial charge in [0.15, 0.2) is 0 Å². The van der Waals surface area contributed by atoms with Crippen molar-refractivity contribution in [1.82, 2.24) is 4.57 Å². The third-order valence-corrected chi connectivity index (χ3v) is 7.59. The van der Waals surface area contributed by atoms with Crippen LogP contribution in [0, 0.1) is 6.92 Å². The number of amides is 1. The van der Waals surface area contributed by atoms with Gasteiger partial charge in [0.05, 0.1) is 4.88 Å². The van der Waals surface area contributed by atoms with Crippen LogP contribution in [0.5, 0.6) is 0 Å². The van der Waals surface area contributed by atoms with Crippen LogP contribution in [-0.4, -0.2) is 10.5 Å². The lowest BCUT2D eigenvalue weighted by Gasteiger charge is -2.15. The highest BCUT2D eigenvalue weighted by Crippen LogP contribution is 2.32. The Bertz CT molecular complexity index is 1400. The molecule has 0 unspecified atom stereocenters. The number of rotatable bonds is 5. The molecule has 0 aliphatic heterocycles. The summed E-state index contributed by atoms with van der Waals surface area (Å²) in [5, 5.41) is 6.35. The van der Waals surface area contributed by atoms with Gasteiger partial charge in [-0.2, -0.15) is 0 Å². The summed E-state index contributed by atoms with van der Waals surface area (Å²) in [5.41, 5.74) is 6.20. The molecular weight excluding hydrogens is 442 g/mol. The highest BCUT2D eigenvalue weighted by Gasteiger charge is 2.18. The van der Waals surface area contributed by atoms with Crippen LogP contribution >= 0.6 is 11.3 Å². The van der Waals surface area contributed by atoms with Crippen molar-refractivity contribution in [3.8, 4) is 11.1 Å². The number of nitrogens with one attached hydrogen (secondary N) is 2. The molecule has 172 valence electrons. The van der Waals surface area contributed by atoms with Gasteiger partial charge in [0.1, 0.15) is 5.69 Å². The first-order chi connectivity index (χ1) is 16.5. The molecule has 0 saturated carbocycles. The van der Waals surface area contributed by atoms with Crippen LogP contribution in [-0.2, 0) is 19.9 Å². The number of benzene rings is 2. The molecule has 2 heterocycles. The monoisotopic (exact) mass is 469 g/mol. The lowest BCUT2D eigenvalue weighted by atomic mass is 9.99. The first-order valence-corrected chi connectivity index (χ1v) is 12.4. The normalized spacial score (nSPS) is 12.8. The number of hydrogen-bond acceptors (Lipinski definition) is 4. The molecule has 1 aliphatic carbocycles. The summed E-state index contributed by atoms with van der Waals surface area (Å²) in [4.78, 5) is 27.9. The van der Waals surface area contributed by atoms with Gasteiger partial charge in [-0.05, 0) is 79.6 Å². The summed E-state index contributed by atoms with van der Waals surface area (Å²) in [7, 11) is 1.75. The fourth-order valence-corrected chi connectivity index (χ4v) is 5.64. The van der Waals surface area contributed by atoms with Gasteiger partial charge in [0.2, 0.25) is 0 Å². The molecule has 2 N–H and O–H groups in total. The van der Waals surface area contributed by atoms with E-state index in [2.05, 4.69) is 16.7 Å². The largest absolute Gasteiger partial charge is 0.351 e. The smallest absolute Gasteiger partial charge is 0.274 e. The zero-order valence-electron chi connectivity index (χ0n) is 19.4. The minimum absolute atomic E-state index is 0.0634. The van der Waals surface area contributed by atoms with Gasteiger partial charge in [-0.3, -0.25) is 9.59 Å². The van der Waals surface area contributed by atoms with Gasteiger partial charge in [0, 0.05) is 35.1 Å². The summed E-state index contributed by atoms with van der Waals surface area (Å²) in [6.45, 7) is 2.00. The fraction of sp³-hybridized carbons (Fsp3) is 0.214. The quantitative estimate of drug-likeness (QED) is 0.361. The SMILES string of the molecule is Cc1c(NC(=O)c2cc3c(s2)CCCC3)cccc1-c1cc(Nc2ccccc2)c(=O)n(C)c1. The van der Waals surface area contributed by atoms with Gasteiger partial charge in [0.25, 0.3) is 11.5 Å². The second kappa shape index (κ2) is 9.31. The topological polar surface area (TPSA) is 63.1 Å². The van der Waals surface area contributed by atoms with Gasteiger partial charge >= 0.3 is 0 Å². The van der Waals surface area contributed by atoms with Crippen LogP contribution in [0.4, 0.5) is 17.1 Å². The molecule has 0 bridgehead atoms. The van der Waals surface area contributed by atoms with E-state index in [-0.39, 0.29) is 11.5 Å². The third kappa shape index (κ3) is 4.41. The van der Waals surface area contributed by atoms with Crippen LogP contribution in [0.15, 0.2) is 71.7 Å². The van der Waals surface area contributed by atoms with Gasteiger partial charge in [-0.1, -0.05) is 30.3 Å². The summed E-state index contributed by atoms with van der Waals surface area (Å²) in [6.07, 6.45) is 6.39. The van der Waals surface area contributed by atoms with Crippen LogP contribution in [0.2, 0.25) is 0 Å². The van der Waals surface area contributed by atoms with E-state index in [0.717, 1.165) is 45.8 Å². The maximum Gasteiger partial charge on any atom is 0.274 e. The van der Waals surface area contributed by atoms with Crippen molar-refractivity contribution < 1.29 is 4.79 Å². The standard InChI is InChI=1S/C28H27N3O2S/c1-18-22(20-15-24(28(33)31(2)17-20)29-21-10-4-3-5-11-21)12-8-13-23(18)30-27(32)26-16-19-9-6-7-14-25(19)34-26/h3-5,8,10-13,15-17,29H,6-7,9,14H2,1-2H3,(H,30,32). The molecule has 1 amide bonds. The number of carbonyl (C=O) groups is 1. The number of pyridine rings is 1. The highest BCUT2D eigenvalue weighted by molar-refractivity contribution is 7.14. The van der Waals surface area contributed by atoms with Crippen LogP contribution < -0.4 is 16.2 Å². The summed E-state index contributed by atoms with van der Waals surface area (Å²) >= 11 is 1.62. The molecule has 5 rings (SSSR count). The number of para-hydroxylation sites is 1. The molecule has 2 aromatic carbocycles. The van der Waals surface area contributed by atoms with Crippen LogP contribution in [0.3, 0.4) is 0 Å². The van der Waals surface area contributed by atoms with Crippen molar-refractivity contribution in [1.29, 1.82) is 0 Å². The number of nitrogens with zero attached hydrogens (tertiary/aromatic N) is 1. The van der Waals surface area contributed by atoms with E-state index in [1.54, 1.807) is 23.0 Å². The Hall–Kier alpha value is -3.64. The summed E-state index contributed by atoms with van der Waals surface area (Å²) in [6, 6.07) is 19.5. The molecule has 0 spiro atoms. The molecule has 4 aromatic rings. The first-order valence-electron chi connectivity index (χ1n) is 11.6.